The Hall–Kier alpha value is -2.97. The van der Waals surface area contributed by atoms with Crippen molar-refractivity contribution in [3.8, 4) is 0 Å². The van der Waals surface area contributed by atoms with Crippen LogP contribution in [0.5, 0.6) is 0 Å². The highest BCUT2D eigenvalue weighted by Crippen LogP contribution is 2.09. The Kier molecular flexibility index (Phi) is 23.0. The van der Waals surface area contributed by atoms with Crippen molar-refractivity contribution >= 4 is 17.9 Å². The molecular formula is C33H53NO7. The summed E-state index contributed by atoms with van der Waals surface area (Å²) in [5.74, 6) is -1.93. The summed E-state index contributed by atoms with van der Waals surface area (Å²) in [5.41, 5.74) is 0. The molecular weight excluding hydrogens is 522 g/mol. The highest BCUT2D eigenvalue weighted by Gasteiger charge is 2.25. The van der Waals surface area contributed by atoms with Crippen molar-refractivity contribution in [2.45, 2.75) is 90.2 Å². The number of carbonyl (C=O) groups is 3. The van der Waals surface area contributed by atoms with E-state index in [1.807, 2.05) is 0 Å². The monoisotopic (exact) mass is 575 g/mol. The van der Waals surface area contributed by atoms with Crippen LogP contribution in [0.15, 0.2) is 60.8 Å². The van der Waals surface area contributed by atoms with Crippen molar-refractivity contribution in [1.29, 1.82) is 0 Å². The van der Waals surface area contributed by atoms with Gasteiger partial charge in [-0.15, -0.1) is 0 Å². The second-order valence-electron chi connectivity index (χ2n) is 10.6. The summed E-state index contributed by atoms with van der Waals surface area (Å²) in [4.78, 5) is 35.3. The summed E-state index contributed by atoms with van der Waals surface area (Å²) in [6.07, 6.45) is 27.6. The number of aliphatic carboxylic acids is 1. The smallest absolute Gasteiger partial charge is 0.306 e. The van der Waals surface area contributed by atoms with E-state index in [0.717, 1.165) is 38.5 Å². The number of ether oxygens (including phenoxy) is 3. The minimum Gasteiger partial charge on any atom is -0.544 e. The molecule has 41 heavy (non-hydrogen) atoms. The Bertz CT molecular complexity index is 865. The van der Waals surface area contributed by atoms with E-state index in [9.17, 15) is 19.5 Å². The van der Waals surface area contributed by atoms with E-state index in [4.69, 9.17) is 14.2 Å². The normalized spacial score (nSPS) is 14.1. The summed E-state index contributed by atoms with van der Waals surface area (Å²) in [6, 6.07) is -0.732. The largest absolute Gasteiger partial charge is 0.544 e. The minimum absolute atomic E-state index is 0.00835. The van der Waals surface area contributed by atoms with E-state index < -0.39 is 30.1 Å². The van der Waals surface area contributed by atoms with E-state index in [1.54, 1.807) is 28.1 Å². The number of likely N-dealkylation sites (N-methyl/N-ethyl adjacent to an activating group) is 1. The molecule has 232 valence electrons. The van der Waals surface area contributed by atoms with Gasteiger partial charge in [-0.1, -0.05) is 74.6 Å². The number of carboxylic acids is 1. The minimum atomic E-state index is -1.14. The number of nitrogens with zero attached hydrogens (tertiary/aromatic N) is 1. The lowest BCUT2D eigenvalue weighted by atomic mass is 10.1. The lowest BCUT2D eigenvalue weighted by molar-refractivity contribution is -0.889. The van der Waals surface area contributed by atoms with Gasteiger partial charge in [0.2, 0.25) is 0 Å². The van der Waals surface area contributed by atoms with Gasteiger partial charge in [0, 0.05) is 19.3 Å². The van der Waals surface area contributed by atoms with E-state index in [-0.39, 0.29) is 43.6 Å². The molecule has 0 aromatic rings. The van der Waals surface area contributed by atoms with E-state index in [2.05, 4.69) is 67.7 Å². The average molecular weight is 576 g/mol. The van der Waals surface area contributed by atoms with Crippen LogP contribution < -0.4 is 5.11 Å². The summed E-state index contributed by atoms with van der Waals surface area (Å²) >= 11 is 0. The lowest BCUT2D eigenvalue weighted by Crippen LogP contribution is -2.55. The van der Waals surface area contributed by atoms with Gasteiger partial charge in [0.1, 0.15) is 12.6 Å². The van der Waals surface area contributed by atoms with Crippen molar-refractivity contribution in [3.05, 3.63) is 60.8 Å². The molecule has 0 bridgehead atoms. The molecule has 2 unspecified atom stereocenters. The van der Waals surface area contributed by atoms with E-state index in [0.29, 0.717) is 6.42 Å². The first kappa shape index (κ1) is 38.0. The average Bonchev–Trinajstić information content (AvgIpc) is 2.91. The molecule has 0 aliphatic rings. The van der Waals surface area contributed by atoms with Gasteiger partial charge >= 0.3 is 11.9 Å². The molecule has 0 heterocycles. The second-order valence-corrected chi connectivity index (χ2v) is 10.6. The molecule has 0 aliphatic heterocycles. The first-order valence-corrected chi connectivity index (χ1v) is 14.8. The number of hydrogen-bond donors (Lipinski definition) is 0. The summed E-state index contributed by atoms with van der Waals surface area (Å²) in [5, 5.41) is 11.4. The number of carboxylic acid groups (broad SMARTS) is 1. The molecule has 8 nitrogen and oxygen atoms in total. The fraction of sp³-hybridized carbons (Fsp3) is 0.606. The number of rotatable bonds is 24. The van der Waals surface area contributed by atoms with Gasteiger partial charge in [-0.25, -0.2) is 0 Å². The maximum atomic E-state index is 12.3. The van der Waals surface area contributed by atoms with Gasteiger partial charge in [-0.05, 0) is 44.9 Å². The molecule has 0 N–H and O–H groups in total. The number of carbonyl (C=O) groups excluding carboxylic acids is 3. The fourth-order valence-electron chi connectivity index (χ4n) is 3.61. The lowest BCUT2D eigenvalue weighted by Gasteiger charge is -2.34. The van der Waals surface area contributed by atoms with Crippen LogP contribution in [0.3, 0.4) is 0 Å². The van der Waals surface area contributed by atoms with Crippen LogP contribution in [0.2, 0.25) is 0 Å². The molecule has 8 heteroatoms. The van der Waals surface area contributed by atoms with Crippen molar-refractivity contribution in [1.82, 2.24) is 0 Å². The highest BCUT2D eigenvalue weighted by molar-refractivity contribution is 5.70. The fourth-order valence-corrected chi connectivity index (χ4v) is 3.61. The van der Waals surface area contributed by atoms with Crippen molar-refractivity contribution in [3.63, 3.8) is 0 Å². The standard InChI is InChI=1S/C33H53NO7/c1-6-8-9-10-11-12-13-14-15-16-17-18-19-20-21-22-23-24-32(36)41-29(28-40-31(35)7-2)27-39-26-25-30(33(37)38)34(3,4)5/h8-9,11-12,14-15,17-18,20-21,29-30H,6-7,10,13,16,19,22-28H2,1-5H3/b9-8-,12-11-,15-14-,18-17-,21-20-. The third kappa shape index (κ3) is 23.4. The molecule has 0 aromatic heterocycles. The zero-order valence-electron chi connectivity index (χ0n) is 25.9. The van der Waals surface area contributed by atoms with Gasteiger partial charge in [-0.2, -0.15) is 0 Å². The number of allylic oxidation sites excluding steroid dienone is 10. The van der Waals surface area contributed by atoms with Crippen LogP contribution >= 0.6 is 0 Å². The third-order valence-corrected chi connectivity index (χ3v) is 5.97. The van der Waals surface area contributed by atoms with Crippen LogP contribution in [0, 0.1) is 0 Å². The second kappa shape index (κ2) is 24.8. The highest BCUT2D eigenvalue weighted by atomic mass is 16.6. The molecule has 0 amide bonds. The first-order chi connectivity index (χ1) is 19.6. The predicted octanol–water partition coefficient (Wildman–Crippen LogP) is 5.00. The van der Waals surface area contributed by atoms with E-state index in [1.165, 1.54) is 0 Å². The topological polar surface area (TPSA) is 102 Å². The van der Waals surface area contributed by atoms with Gasteiger partial charge in [0.15, 0.2) is 6.10 Å². The molecule has 0 saturated carbocycles. The number of unbranched alkanes of at least 4 members (excludes halogenated alkanes) is 1. The summed E-state index contributed by atoms with van der Waals surface area (Å²) in [7, 11) is 5.32. The Morgan fingerprint density at radius 3 is 1.78 bits per heavy atom. The number of esters is 2. The van der Waals surface area contributed by atoms with Gasteiger partial charge in [0.05, 0.1) is 40.3 Å². The zero-order valence-corrected chi connectivity index (χ0v) is 25.9. The summed E-state index contributed by atoms with van der Waals surface area (Å²) < 4.78 is 16.4. The SMILES string of the molecule is CC/C=C\C/C=C\C/C=C\C/C=C\C/C=C\CCCC(=O)OC(COCCC(C(=O)[O-])[N+](C)(C)C)COC(=O)CC. The first-order valence-electron chi connectivity index (χ1n) is 14.8. The summed E-state index contributed by atoms with van der Waals surface area (Å²) in [6.45, 7) is 3.86. The van der Waals surface area contributed by atoms with Crippen LogP contribution in [0.1, 0.15) is 78.1 Å². The Balaban J connectivity index is 4.28. The van der Waals surface area contributed by atoms with Crippen LogP contribution in [-0.4, -0.2) is 75.5 Å². The van der Waals surface area contributed by atoms with Crippen LogP contribution in [0.4, 0.5) is 0 Å². The number of quaternary nitrogens is 1. The molecule has 0 saturated heterocycles. The van der Waals surface area contributed by atoms with Crippen molar-refractivity contribution in [2.75, 3.05) is 41.0 Å². The van der Waals surface area contributed by atoms with Gasteiger partial charge < -0.3 is 28.6 Å². The zero-order chi connectivity index (χ0) is 30.8. The maximum absolute atomic E-state index is 12.3. The Morgan fingerprint density at radius 2 is 1.29 bits per heavy atom. The third-order valence-electron chi connectivity index (χ3n) is 5.97. The van der Waals surface area contributed by atoms with Crippen LogP contribution in [-0.2, 0) is 28.6 Å². The Morgan fingerprint density at radius 1 is 0.756 bits per heavy atom. The Labute approximate surface area is 248 Å². The van der Waals surface area contributed by atoms with Crippen molar-refractivity contribution < 1.29 is 38.2 Å². The van der Waals surface area contributed by atoms with Gasteiger partial charge in [-0.3, -0.25) is 9.59 Å². The van der Waals surface area contributed by atoms with E-state index >= 15 is 0 Å². The molecule has 0 aromatic carbocycles. The predicted molar refractivity (Wildman–Crippen MR) is 162 cm³/mol. The van der Waals surface area contributed by atoms with Crippen molar-refractivity contribution in [2.24, 2.45) is 0 Å². The molecule has 0 aliphatic carbocycles. The molecule has 0 radical (unpaired) electrons. The molecule has 2 atom stereocenters. The molecule has 0 spiro atoms. The van der Waals surface area contributed by atoms with Gasteiger partial charge in [0.25, 0.3) is 0 Å². The molecule has 0 rings (SSSR count). The maximum Gasteiger partial charge on any atom is 0.306 e. The molecule has 0 fully saturated rings. The van der Waals surface area contributed by atoms with Crippen LogP contribution in [0.25, 0.3) is 0 Å². The number of hydrogen-bond acceptors (Lipinski definition) is 7. The quantitative estimate of drug-likeness (QED) is 0.0690.